The highest BCUT2D eigenvalue weighted by Crippen LogP contribution is 2.27. The fourth-order valence-electron chi connectivity index (χ4n) is 3.29. The second-order valence-corrected chi connectivity index (χ2v) is 6.17. The molecule has 0 spiro atoms. The highest BCUT2D eigenvalue weighted by Gasteiger charge is 2.28. The molecule has 0 aliphatic heterocycles. The van der Waals surface area contributed by atoms with Gasteiger partial charge < -0.3 is 10.6 Å². The van der Waals surface area contributed by atoms with E-state index in [1.807, 2.05) is 37.0 Å². The van der Waals surface area contributed by atoms with E-state index in [4.69, 9.17) is 0 Å². The molecule has 1 fully saturated rings. The first-order valence-corrected chi connectivity index (χ1v) is 8.16. The summed E-state index contributed by atoms with van der Waals surface area (Å²) in [5.41, 5.74) is 1.95. The predicted octanol–water partition coefficient (Wildman–Crippen LogP) is 1.91. The van der Waals surface area contributed by atoms with Gasteiger partial charge in [-0.1, -0.05) is 12.8 Å². The number of rotatable bonds is 4. The summed E-state index contributed by atoms with van der Waals surface area (Å²) in [4.78, 5) is 12.2. The zero-order chi connectivity index (χ0) is 16.2. The molecule has 2 heterocycles. The van der Waals surface area contributed by atoms with E-state index in [1.54, 1.807) is 10.9 Å². The van der Waals surface area contributed by atoms with Crippen LogP contribution in [0, 0.1) is 6.92 Å². The number of aryl methyl sites for hydroxylation is 2. The predicted molar refractivity (Wildman–Crippen MR) is 86.8 cm³/mol. The first-order valence-electron chi connectivity index (χ1n) is 8.16. The Labute approximate surface area is 136 Å². The van der Waals surface area contributed by atoms with Crippen LogP contribution in [-0.2, 0) is 13.6 Å². The molecule has 1 saturated carbocycles. The van der Waals surface area contributed by atoms with Gasteiger partial charge in [0, 0.05) is 19.4 Å². The van der Waals surface area contributed by atoms with Crippen molar-refractivity contribution in [1.82, 2.24) is 30.2 Å². The molecular formula is C16H24N6O. The van der Waals surface area contributed by atoms with Crippen LogP contribution in [0.2, 0.25) is 0 Å². The Kier molecular flexibility index (Phi) is 4.64. The fourth-order valence-corrected chi connectivity index (χ4v) is 3.29. The van der Waals surface area contributed by atoms with Gasteiger partial charge in [0.2, 0.25) is 0 Å². The maximum absolute atomic E-state index is 12.2. The average molecular weight is 316 g/mol. The summed E-state index contributed by atoms with van der Waals surface area (Å²) in [6.07, 6.45) is 8.12. The van der Waals surface area contributed by atoms with Crippen LogP contribution < -0.4 is 10.6 Å². The van der Waals surface area contributed by atoms with Crippen molar-refractivity contribution in [2.75, 3.05) is 0 Å². The minimum atomic E-state index is -0.132. The molecule has 2 aromatic rings. The van der Waals surface area contributed by atoms with E-state index in [0.29, 0.717) is 6.54 Å². The second kappa shape index (κ2) is 6.85. The minimum Gasteiger partial charge on any atom is -0.333 e. The Morgan fingerprint density at radius 2 is 2.22 bits per heavy atom. The molecule has 2 atom stereocenters. The third-order valence-electron chi connectivity index (χ3n) is 4.44. The molecule has 1 aliphatic rings. The third kappa shape index (κ3) is 3.72. The quantitative estimate of drug-likeness (QED) is 0.904. The number of hydrogen-bond acceptors (Lipinski definition) is 3. The topological polar surface area (TPSA) is 76.8 Å². The van der Waals surface area contributed by atoms with E-state index in [0.717, 1.165) is 30.7 Å². The fraction of sp³-hybridized carbons (Fsp3) is 0.562. The summed E-state index contributed by atoms with van der Waals surface area (Å²) in [5.74, 6) is 0. The molecule has 1 aliphatic carbocycles. The minimum absolute atomic E-state index is 0.122. The van der Waals surface area contributed by atoms with Crippen molar-refractivity contribution in [3.8, 4) is 0 Å². The maximum Gasteiger partial charge on any atom is 0.315 e. The normalized spacial score (nSPS) is 21.1. The molecule has 23 heavy (non-hydrogen) atoms. The van der Waals surface area contributed by atoms with Gasteiger partial charge in [0.05, 0.1) is 30.0 Å². The number of amides is 2. The van der Waals surface area contributed by atoms with Gasteiger partial charge in [-0.2, -0.15) is 10.2 Å². The van der Waals surface area contributed by atoms with Gasteiger partial charge in [0.15, 0.2) is 0 Å². The summed E-state index contributed by atoms with van der Waals surface area (Å²) < 4.78 is 3.76. The Hall–Kier alpha value is -2.31. The van der Waals surface area contributed by atoms with Crippen LogP contribution >= 0.6 is 0 Å². The molecule has 124 valence electrons. The van der Waals surface area contributed by atoms with Crippen LogP contribution in [0.3, 0.4) is 0 Å². The average Bonchev–Trinajstić information content (AvgIpc) is 3.15. The van der Waals surface area contributed by atoms with Crippen LogP contribution in [0.1, 0.15) is 43.1 Å². The van der Waals surface area contributed by atoms with Crippen LogP contribution in [0.5, 0.6) is 0 Å². The van der Waals surface area contributed by atoms with Gasteiger partial charge in [0.25, 0.3) is 0 Å². The van der Waals surface area contributed by atoms with E-state index in [-0.39, 0.29) is 18.1 Å². The standard InChI is InChI=1S/C16H24N6O/c1-12-10-13(21(2)20-12)11-17-16(23)19-14-6-3-4-7-15(14)22-9-5-8-18-22/h5,8-10,14-15H,3-4,6-7,11H2,1-2H3,(H2,17,19,23)/t14-,15+/m0/s1. The Balaban J connectivity index is 1.56. The van der Waals surface area contributed by atoms with Crippen LogP contribution in [0.4, 0.5) is 4.79 Å². The number of carbonyl (C=O) groups excluding carboxylic acids is 1. The monoisotopic (exact) mass is 316 g/mol. The molecule has 7 nitrogen and oxygen atoms in total. The number of nitrogens with one attached hydrogen (secondary N) is 2. The van der Waals surface area contributed by atoms with Gasteiger partial charge in [-0.3, -0.25) is 9.36 Å². The van der Waals surface area contributed by atoms with E-state index in [9.17, 15) is 4.79 Å². The molecule has 2 amide bonds. The summed E-state index contributed by atoms with van der Waals surface area (Å²) >= 11 is 0. The molecule has 2 N–H and O–H groups in total. The highest BCUT2D eigenvalue weighted by atomic mass is 16.2. The van der Waals surface area contributed by atoms with Gasteiger partial charge in [-0.15, -0.1) is 0 Å². The Bertz CT molecular complexity index is 648. The Morgan fingerprint density at radius 1 is 1.39 bits per heavy atom. The van der Waals surface area contributed by atoms with E-state index in [2.05, 4.69) is 20.8 Å². The van der Waals surface area contributed by atoms with E-state index in [1.165, 1.54) is 6.42 Å². The molecule has 3 rings (SSSR count). The molecule has 2 aromatic heterocycles. The van der Waals surface area contributed by atoms with Crippen molar-refractivity contribution >= 4 is 6.03 Å². The molecule has 0 saturated heterocycles. The highest BCUT2D eigenvalue weighted by molar-refractivity contribution is 5.74. The molecule has 0 bridgehead atoms. The summed E-state index contributed by atoms with van der Waals surface area (Å²) in [7, 11) is 1.89. The SMILES string of the molecule is Cc1cc(CNC(=O)N[C@H]2CCCC[C@H]2n2cccn2)n(C)n1. The zero-order valence-electron chi connectivity index (χ0n) is 13.7. The van der Waals surface area contributed by atoms with Crippen molar-refractivity contribution in [1.29, 1.82) is 0 Å². The van der Waals surface area contributed by atoms with Gasteiger partial charge >= 0.3 is 6.03 Å². The summed E-state index contributed by atoms with van der Waals surface area (Å²) in [6.45, 7) is 2.42. The lowest BCUT2D eigenvalue weighted by Crippen LogP contribution is -2.47. The van der Waals surface area contributed by atoms with Crippen LogP contribution in [0.25, 0.3) is 0 Å². The molecule has 0 radical (unpaired) electrons. The molecule has 0 aromatic carbocycles. The number of hydrogen-bond donors (Lipinski definition) is 2. The first-order chi connectivity index (χ1) is 11.1. The molecule has 0 unspecified atom stereocenters. The lowest BCUT2D eigenvalue weighted by atomic mass is 9.90. The molecular weight excluding hydrogens is 292 g/mol. The molecule has 7 heteroatoms. The second-order valence-electron chi connectivity index (χ2n) is 6.17. The number of carbonyl (C=O) groups is 1. The van der Waals surface area contributed by atoms with Crippen molar-refractivity contribution in [2.24, 2.45) is 7.05 Å². The number of urea groups is 1. The van der Waals surface area contributed by atoms with Crippen molar-refractivity contribution in [3.05, 3.63) is 35.9 Å². The maximum atomic E-state index is 12.2. The smallest absolute Gasteiger partial charge is 0.315 e. The van der Waals surface area contributed by atoms with Gasteiger partial charge in [-0.05, 0) is 31.9 Å². The van der Waals surface area contributed by atoms with Crippen LogP contribution in [-0.4, -0.2) is 31.6 Å². The number of aromatic nitrogens is 4. The van der Waals surface area contributed by atoms with Gasteiger partial charge in [-0.25, -0.2) is 4.79 Å². The van der Waals surface area contributed by atoms with E-state index < -0.39 is 0 Å². The summed E-state index contributed by atoms with van der Waals surface area (Å²) in [5, 5.41) is 14.7. The lowest BCUT2D eigenvalue weighted by molar-refractivity contribution is 0.213. The lowest BCUT2D eigenvalue weighted by Gasteiger charge is -2.32. The first kappa shape index (κ1) is 15.6. The van der Waals surface area contributed by atoms with E-state index >= 15 is 0 Å². The van der Waals surface area contributed by atoms with Gasteiger partial charge in [0.1, 0.15) is 0 Å². The van der Waals surface area contributed by atoms with Crippen molar-refractivity contribution in [3.63, 3.8) is 0 Å². The summed E-state index contributed by atoms with van der Waals surface area (Å²) in [6, 6.07) is 4.14. The third-order valence-corrected chi connectivity index (χ3v) is 4.44. The zero-order valence-corrected chi connectivity index (χ0v) is 13.7. The largest absolute Gasteiger partial charge is 0.333 e. The van der Waals surface area contributed by atoms with Crippen molar-refractivity contribution < 1.29 is 4.79 Å². The van der Waals surface area contributed by atoms with Crippen LogP contribution in [0.15, 0.2) is 24.5 Å². The Morgan fingerprint density at radius 3 is 2.91 bits per heavy atom. The number of nitrogens with zero attached hydrogens (tertiary/aromatic N) is 4. The van der Waals surface area contributed by atoms with Crippen molar-refractivity contribution in [2.45, 2.75) is 51.2 Å².